The summed E-state index contributed by atoms with van der Waals surface area (Å²) in [6.07, 6.45) is 4.67. The Morgan fingerprint density at radius 3 is 2.33 bits per heavy atom. The van der Waals surface area contributed by atoms with Gasteiger partial charge in [-0.25, -0.2) is 0 Å². The second-order valence-corrected chi connectivity index (χ2v) is 5.31. The smallest absolute Gasteiger partial charge is 0.0471 e. The molecule has 1 unspecified atom stereocenters. The van der Waals surface area contributed by atoms with E-state index in [0.717, 1.165) is 38.5 Å². The molecule has 0 fully saturated rings. The number of hydrogen-bond acceptors (Lipinski definition) is 2. The highest BCUT2D eigenvalue weighted by Crippen LogP contribution is 2.25. The molecule has 0 radical (unpaired) electrons. The van der Waals surface area contributed by atoms with Gasteiger partial charge in [-0.1, -0.05) is 34.1 Å². The van der Waals surface area contributed by atoms with Crippen molar-refractivity contribution in [1.82, 2.24) is 0 Å². The van der Waals surface area contributed by atoms with Crippen LogP contribution >= 0.6 is 0 Å². The van der Waals surface area contributed by atoms with Gasteiger partial charge in [0.2, 0.25) is 0 Å². The molecule has 0 aromatic rings. The molecule has 0 saturated carbocycles. The molecule has 0 heterocycles. The molecule has 92 valence electrons. The monoisotopic (exact) mass is 215 g/mol. The zero-order valence-electron chi connectivity index (χ0n) is 11.0. The molecule has 1 atom stereocenters. The molecule has 0 aromatic heterocycles. The van der Waals surface area contributed by atoms with Crippen LogP contribution in [-0.4, -0.2) is 19.8 Å². The number of rotatable bonds is 9. The normalized spacial score (nSPS) is 15.6. The minimum absolute atomic E-state index is 0.284. The van der Waals surface area contributed by atoms with Crippen LogP contribution < -0.4 is 5.73 Å². The first-order valence-corrected chi connectivity index (χ1v) is 6.32. The standard InChI is InChI=1S/C13H29NO/c1-5-7-13(4,11-14)8-10-15-9-6-12(2)3/h12H,5-11,14H2,1-4H3. The van der Waals surface area contributed by atoms with Gasteiger partial charge in [-0.05, 0) is 37.1 Å². The predicted octanol–water partition coefficient (Wildman–Crippen LogP) is 3.20. The van der Waals surface area contributed by atoms with Crippen molar-refractivity contribution in [3.63, 3.8) is 0 Å². The second kappa shape index (κ2) is 8.12. The van der Waals surface area contributed by atoms with Crippen molar-refractivity contribution >= 4 is 0 Å². The molecule has 0 aliphatic rings. The lowest BCUT2D eigenvalue weighted by Crippen LogP contribution is -2.28. The molecule has 0 bridgehead atoms. The van der Waals surface area contributed by atoms with Crippen molar-refractivity contribution in [2.75, 3.05) is 19.8 Å². The SMILES string of the molecule is CCCC(C)(CN)CCOCCC(C)C. The Labute approximate surface area is 95.6 Å². The van der Waals surface area contributed by atoms with Crippen LogP contribution in [0, 0.1) is 11.3 Å². The van der Waals surface area contributed by atoms with Gasteiger partial charge in [0.15, 0.2) is 0 Å². The molecule has 0 aliphatic carbocycles. The van der Waals surface area contributed by atoms with E-state index in [0.29, 0.717) is 0 Å². The molecule has 0 rings (SSSR count). The Hall–Kier alpha value is -0.0800. The average molecular weight is 215 g/mol. The van der Waals surface area contributed by atoms with Crippen molar-refractivity contribution in [3.05, 3.63) is 0 Å². The third-order valence-corrected chi connectivity index (χ3v) is 3.04. The van der Waals surface area contributed by atoms with Crippen LogP contribution in [0.25, 0.3) is 0 Å². The van der Waals surface area contributed by atoms with Crippen molar-refractivity contribution in [3.8, 4) is 0 Å². The number of nitrogens with two attached hydrogens (primary N) is 1. The van der Waals surface area contributed by atoms with Crippen LogP contribution in [0.4, 0.5) is 0 Å². The molecule has 0 aromatic carbocycles. The average Bonchev–Trinajstić information content (AvgIpc) is 2.17. The summed E-state index contributed by atoms with van der Waals surface area (Å²) < 4.78 is 5.63. The van der Waals surface area contributed by atoms with Crippen LogP contribution in [0.1, 0.15) is 53.4 Å². The highest BCUT2D eigenvalue weighted by molar-refractivity contribution is 4.74. The van der Waals surface area contributed by atoms with Crippen molar-refractivity contribution in [2.45, 2.75) is 53.4 Å². The highest BCUT2D eigenvalue weighted by atomic mass is 16.5. The van der Waals surface area contributed by atoms with Crippen LogP contribution in [0.15, 0.2) is 0 Å². The van der Waals surface area contributed by atoms with E-state index in [1.807, 2.05) is 0 Å². The largest absolute Gasteiger partial charge is 0.381 e. The van der Waals surface area contributed by atoms with E-state index in [1.165, 1.54) is 12.8 Å². The lowest BCUT2D eigenvalue weighted by molar-refractivity contribution is 0.0903. The Bertz CT molecular complexity index is 147. The zero-order valence-corrected chi connectivity index (χ0v) is 11.0. The van der Waals surface area contributed by atoms with Gasteiger partial charge in [-0.2, -0.15) is 0 Å². The molecule has 15 heavy (non-hydrogen) atoms. The highest BCUT2D eigenvalue weighted by Gasteiger charge is 2.20. The first kappa shape index (κ1) is 14.9. The van der Waals surface area contributed by atoms with Gasteiger partial charge in [0, 0.05) is 13.2 Å². The van der Waals surface area contributed by atoms with Gasteiger partial charge in [0.25, 0.3) is 0 Å². The lowest BCUT2D eigenvalue weighted by atomic mass is 9.83. The van der Waals surface area contributed by atoms with Gasteiger partial charge in [0.1, 0.15) is 0 Å². The molecule has 0 aliphatic heterocycles. The van der Waals surface area contributed by atoms with Crippen LogP contribution in [0.2, 0.25) is 0 Å². The summed E-state index contributed by atoms with van der Waals surface area (Å²) in [4.78, 5) is 0. The third-order valence-electron chi connectivity index (χ3n) is 3.04. The lowest BCUT2D eigenvalue weighted by Gasteiger charge is -2.27. The Balaban J connectivity index is 3.54. The van der Waals surface area contributed by atoms with Crippen molar-refractivity contribution in [2.24, 2.45) is 17.1 Å². The maximum absolute atomic E-state index is 5.80. The molecule has 0 spiro atoms. The first-order valence-electron chi connectivity index (χ1n) is 6.32. The van der Waals surface area contributed by atoms with Crippen LogP contribution in [-0.2, 0) is 4.74 Å². The Morgan fingerprint density at radius 2 is 1.87 bits per heavy atom. The Morgan fingerprint density at radius 1 is 1.20 bits per heavy atom. The predicted molar refractivity (Wildman–Crippen MR) is 67.0 cm³/mol. The first-order chi connectivity index (χ1) is 7.04. The fourth-order valence-corrected chi connectivity index (χ4v) is 1.67. The van der Waals surface area contributed by atoms with E-state index in [-0.39, 0.29) is 5.41 Å². The van der Waals surface area contributed by atoms with E-state index in [4.69, 9.17) is 10.5 Å². The summed E-state index contributed by atoms with van der Waals surface area (Å²) in [6.45, 7) is 11.5. The summed E-state index contributed by atoms with van der Waals surface area (Å²) >= 11 is 0. The fourth-order valence-electron chi connectivity index (χ4n) is 1.67. The minimum atomic E-state index is 0.284. The quantitative estimate of drug-likeness (QED) is 0.599. The molecule has 0 amide bonds. The number of hydrogen-bond donors (Lipinski definition) is 1. The van der Waals surface area contributed by atoms with E-state index in [9.17, 15) is 0 Å². The van der Waals surface area contributed by atoms with Gasteiger partial charge in [-0.3, -0.25) is 0 Å². The van der Waals surface area contributed by atoms with Gasteiger partial charge < -0.3 is 10.5 Å². The van der Waals surface area contributed by atoms with E-state index in [2.05, 4.69) is 27.7 Å². The van der Waals surface area contributed by atoms with E-state index >= 15 is 0 Å². The van der Waals surface area contributed by atoms with Gasteiger partial charge in [0.05, 0.1) is 0 Å². The maximum Gasteiger partial charge on any atom is 0.0471 e. The molecular weight excluding hydrogens is 186 g/mol. The minimum Gasteiger partial charge on any atom is -0.381 e. The Kier molecular flexibility index (Phi) is 8.07. The summed E-state index contributed by atoms with van der Waals surface area (Å²) in [5, 5.41) is 0. The summed E-state index contributed by atoms with van der Waals surface area (Å²) in [7, 11) is 0. The third kappa shape index (κ3) is 7.80. The van der Waals surface area contributed by atoms with Crippen molar-refractivity contribution in [1.29, 1.82) is 0 Å². The zero-order chi connectivity index (χ0) is 11.7. The van der Waals surface area contributed by atoms with Crippen LogP contribution in [0.3, 0.4) is 0 Å². The summed E-state index contributed by atoms with van der Waals surface area (Å²) in [5.41, 5.74) is 6.08. The van der Waals surface area contributed by atoms with Gasteiger partial charge >= 0.3 is 0 Å². The summed E-state index contributed by atoms with van der Waals surface area (Å²) in [5.74, 6) is 0.738. The van der Waals surface area contributed by atoms with E-state index in [1.54, 1.807) is 0 Å². The molecule has 2 nitrogen and oxygen atoms in total. The van der Waals surface area contributed by atoms with Crippen LogP contribution in [0.5, 0.6) is 0 Å². The summed E-state index contributed by atoms with van der Waals surface area (Å²) in [6, 6.07) is 0. The number of ether oxygens (including phenoxy) is 1. The van der Waals surface area contributed by atoms with E-state index < -0.39 is 0 Å². The second-order valence-electron chi connectivity index (χ2n) is 5.31. The molecule has 2 heteroatoms. The van der Waals surface area contributed by atoms with Crippen molar-refractivity contribution < 1.29 is 4.74 Å². The molecule has 0 saturated heterocycles. The molecular formula is C13H29NO. The topological polar surface area (TPSA) is 35.2 Å². The fraction of sp³-hybridized carbons (Fsp3) is 1.00. The molecule has 2 N–H and O–H groups in total. The maximum atomic E-state index is 5.80. The van der Waals surface area contributed by atoms with Gasteiger partial charge in [-0.15, -0.1) is 0 Å².